The lowest BCUT2D eigenvalue weighted by Gasteiger charge is -2.05. The Kier molecular flexibility index (Phi) is 4.02. The Balaban J connectivity index is 2.18. The van der Waals surface area contributed by atoms with Crippen LogP contribution in [-0.2, 0) is 5.88 Å². The van der Waals surface area contributed by atoms with E-state index in [0.717, 1.165) is 5.56 Å². The number of H-pyrrole nitrogens is 1. The maximum absolute atomic E-state index is 11.9. The molecule has 1 heterocycles. The summed E-state index contributed by atoms with van der Waals surface area (Å²) >= 11 is 5.68. The average molecular weight is 277 g/mol. The predicted octanol–water partition coefficient (Wildman–Crippen LogP) is 2.67. The van der Waals surface area contributed by atoms with Gasteiger partial charge in [0.15, 0.2) is 5.43 Å². The number of alkyl halides is 1. The van der Waals surface area contributed by atoms with Gasteiger partial charge in [-0.05, 0) is 24.6 Å². The quantitative estimate of drug-likeness (QED) is 0.847. The number of anilines is 1. The molecular weight excluding hydrogens is 264 g/mol. The zero-order valence-electron chi connectivity index (χ0n) is 10.4. The van der Waals surface area contributed by atoms with Gasteiger partial charge in [-0.2, -0.15) is 0 Å². The fourth-order valence-electron chi connectivity index (χ4n) is 1.63. The Labute approximate surface area is 115 Å². The van der Waals surface area contributed by atoms with Crippen molar-refractivity contribution in [3.05, 3.63) is 63.6 Å². The summed E-state index contributed by atoms with van der Waals surface area (Å²) in [5, 5.41) is 2.67. The molecule has 98 valence electrons. The Morgan fingerprint density at radius 1 is 1.32 bits per heavy atom. The van der Waals surface area contributed by atoms with Crippen LogP contribution < -0.4 is 10.7 Å². The van der Waals surface area contributed by atoms with E-state index in [1.807, 2.05) is 12.1 Å². The molecular formula is C14H13ClN2O2. The van der Waals surface area contributed by atoms with Crippen molar-refractivity contribution in [2.24, 2.45) is 0 Å². The summed E-state index contributed by atoms with van der Waals surface area (Å²) in [6.07, 6.45) is 1.42. The third kappa shape index (κ3) is 3.23. The third-order valence-electron chi connectivity index (χ3n) is 2.67. The lowest BCUT2D eigenvalue weighted by molar-refractivity contribution is 0.102. The number of aromatic amines is 1. The van der Waals surface area contributed by atoms with Crippen LogP contribution in [0.5, 0.6) is 0 Å². The van der Waals surface area contributed by atoms with Gasteiger partial charge in [0.1, 0.15) is 5.56 Å². The number of hydrogen-bond acceptors (Lipinski definition) is 2. The number of hydrogen-bond donors (Lipinski definition) is 2. The van der Waals surface area contributed by atoms with Crippen molar-refractivity contribution in [2.45, 2.75) is 12.8 Å². The SMILES string of the molecule is Cc1cc(=O)c(C(=O)Nc2ccc(CCl)cc2)c[nH]1. The van der Waals surface area contributed by atoms with Crippen LogP contribution in [0.3, 0.4) is 0 Å². The number of benzene rings is 1. The van der Waals surface area contributed by atoms with E-state index in [4.69, 9.17) is 11.6 Å². The number of carbonyl (C=O) groups is 1. The van der Waals surface area contributed by atoms with E-state index in [2.05, 4.69) is 10.3 Å². The van der Waals surface area contributed by atoms with Gasteiger partial charge in [0, 0.05) is 29.5 Å². The van der Waals surface area contributed by atoms with Crippen molar-refractivity contribution in [1.82, 2.24) is 4.98 Å². The number of rotatable bonds is 3. The summed E-state index contributed by atoms with van der Waals surface area (Å²) in [5.41, 5.74) is 2.10. The van der Waals surface area contributed by atoms with Crippen LogP contribution in [0.4, 0.5) is 5.69 Å². The van der Waals surface area contributed by atoms with Gasteiger partial charge < -0.3 is 10.3 Å². The zero-order chi connectivity index (χ0) is 13.8. The van der Waals surface area contributed by atoms with E-state index >= 15 is 0 Å². The maximum Gasteiger partial charge on any atom is 0.261 e. The summed E-state index contributed by atoms with van der Waals surface area (Å²) in [7, 11) is 0. The molecule has 4 nitrogen and oxygen atoms in total. The summed E-state index contributed by atoms with van der Waals surface area (Å²) in [4.78, 5) is 26.5. The van der Waals surface area contributed by atoms with Crippen LogP contribution in [0.15, 0.2) is 41.3 Å². The highest BCUT2D eigenvalue weighted by Gasteiger charge is 2.10. The van der Waals surface area contributed by atoms with Crippen molar-refractivity contribution in [3.8, 4) is 0 Å². The summed E-state index contributed by atoms with van der Waals surface area (Å²) in [5.74, 6) is -0.00820. The van der Waals surface area contributed by atoms with Gasteiger partial charge in [-0.3, -0.25) is 9.59 Å². The van der Waals surface area contributed by atoms with Crippen molar-refractivity contribution in [2.75, 3.05) is 5.32 Å². The molecule has 0 atom stereocenters. The first-order valence-electron chi connectivity index (χ1n) is 5.76. The van der Waals surface area contributed by atoms with Crippen LogP contribution >= 0.6 is 11.6 Å². The fraction of sp³-hybridized carbons (Fsp3) is 0.143. The highest BCUT2D eigenvalue weighted by atomic mass is 35.5. The Morgan fingerprint density at radius 3 is 2.58 bits per heavy atom. The lowest BCUT2D eigenvalue weighted by Crippen LogP contribution is -2.21. The van der Waals surface area contributed by atoms with Gasteiger partial charge in [-0.25, -0.2) is 0 Å². The standard InChI is InChI=1S/C14H13ClN2O2/c1-9-6-13(18)12(8-16-9)14(19)17-11-4-2-10(7-15)3-5-11/h2-6,8H,7H2,1H3,(H,16,18)(H,17,19). The zero-order valence-corrected chi connectivity index (χ0v) is 11.1. The summed E-state index contributed by atoms with van der Waals surface area (Å²) in [6, 6.07) is 8.53. The van der Waals surface area contributed by atoms with E-state index in [0.29, 0.717) is 17.3 Å². The topological polar surface area (TPSA) is 62.0 Å². The Morgan fingerprint density at radius 2 is 2.00 bits per heavy atom. The third-order valence-corrected chi connectivity index (χ3v) is 2.98. The predicted molar refractivity (Wildman–Crippen MR) is 75.8 cm³/mol. The Hall–Kier alpha value is -2.07. The van der Waals surface area contributed by atoms with Gasteiger partial charge in [0.05, 0.1) is 0 Å². The molecule has 0 unspecified atom stereocenters. The maximum atomic E-state index is 11.9. The molecule has 0 saturated heterocycles. The normalized spacial score (nSPS) is 10.2. The number of aryl methyl sites for hydroxylation is 1. The first-order chi connectivity index (χ1) is 9.10. The van der Waals surface area contributed by atoms with Crippen LogP contribution in [0.1, 0.15) is 21.6 Å². The molecule has 0 fully saturated rings. The molecule has 2 aromatic rings. The number of halogens is 1. The van der Waals surface area contributed by atoms with Gasteiger partial charge in [-0.1, -0.05) is 12.1 Å². The monoisotopic (exact) mass is 276 g/mol. The highest BCUT2D eigenvalue weighted by Crippen LogP contribution is 2.11. The van der Waals surface area contributed by atoms with Gasteiger partial charge in [0.25, 0.3) is 5.91 Å². The Bertz CT molecular complexity index is 647. The molecule has 0 aliphatic carbocycles. The van der Waals surface area contributed by atoms with Crippen LogP contribution in [0, 0.1) is 6.92 Å². The second-order valence-corrected chi connectivity index (χ2v) is 4.45. The molecule has 2 N–H and O–H groups in total. The first-order valence-corrected chi connectivity index (χ1v) is 6.29. The van der Waals surface area contributed by atoms with Crippen LogP contribution in [-0.4, -0.2) is 10.9 Å². The molecule has 5 heteroatoms. The van der Waals surface area contributed by atoms with Gasteiger partial charge in [-0.15, -0.1) is 11.6 Å². The molecule has 0 aliphatic rings. The van der Waals surface area contributed by atoms with Gasteiger partial charge in [0.2, 0.25) is 0 Å². The minimum atomic E-state index is -0.431. The van der Waals surface area contributed by atoms with Gasteiger partial charge >= 0.3 is 0 Å². The molecule has 0 bridgehead atoms. The largest absolute Gasteiger partial charge is 0.364 e. The van der Waals surface area contributed by atoms with Crippen LogP contribution in [0.2, 0.25) is 0 Å². The fourth-order valence-corrected chi connectivity index (χ4v) is 1.80. The van der Waals surface area contributed by atoms with Crippen molar-refractivity contribution in [1.29, 1.82) is 0 Å². The molecule has 19 heavy (non-hydrogen) atoms. The molecule has 2 rings (SSSR count). The van der Waals surface area contributed by atoms with E-state index < -0.39 is 5.91 Å². The summed E-state index contributed by atoms with van der Waals surface area (Å²) < 4.78 is 0. The second-order valence-electron chi connectivity index (χ2n) is 4.18. The first kappa shape index (κ1) is 13.4. The number of pyridine rings is 1. The summed E-state index contributed by atoms with van der Waals surface area (Å²) in [6.45, 7) is 1.76. The van der Waals surface area contributed by atoms with E-state index in [1.165, 1.54) is 12.3 Å². The van der Waals surface area contributed by atoms with Crippen molar-refractivity contribution in [3.63, 3.8) is 0 Å². The molecule has 1 aromatic heterocycles. The minimum Gasteiger partial charge on any atom is -0.364 e. The number of aromatic nitrogens is 1. The van der Waals surface area contributed by atoms with E-state index in [9.17, 15) is 9.59 Å². The van der Waals surface area contributed by atoms with E-state index in [1.54, 1.807) is 19.1 Å². The van der Waals surface area contributed by atoms with E-state index in [-0.39, 0.29) is 11.0 Å². The van der Waals surface area contributed by atoms with Crippen LogP contribution in [0.25, 0.3) is 0 Å². The minimum absolute atomic E-state index is 0.0898. The molecule has 0 saturated carbocycles. The van der Waals surface area contributed by atoms with Crippen molar-refractivity contribution >= 4 is 23.2 Å². The highest BCUT2D eigenvalue weighted by molar-refractivity contribution is 6.17. The van der Waals surface area contributed by atoms with Crippen molar-refractivity contribution < 1.29 is 4.79 Å². The molecule has 1 amide bonds. The number of carbonyl (C=O) groups excluding carboxylic acids is 1. The smallest absolute Gasteiger partial charge is 0.261 e. The molecule has 0 spiro atoms. The number of nitrogens with one attached hydrogen (secondary N) is 2. The average Bonchev–Trinajstić information content (AvgIpc) is 2.39. The molecule has 0 aliphatic heterocycles. The lowest BCUT2D eigenvalue weighted by atomic mass is 10.2. The molecule has 1 aromatic carbocycles. The molecule has 0 radical (unpaired) electrons. The number of amides is 1. The second kappa shape index (κ2) is 5.71.